The summed E-state index contributed by atoms with van der Waals surface area (Å²) in [4.78, 5) is 15.9. The van der Waals surface area contributed by atoms with Crippen LogP contribution in [0.15, 0.2) is 23.6 Å². The number of nitrogen functional groups attached to an aromatic ring is 1. The lowest BCUT2D eigenvalue weighted by Gasteiger charge is -2.10. The Labute approximate surface area is 113 Å². The molecule has 0 saturated carbocycles. The van der Waals surface area contributed by atoms with Gasteiger partial charge < -0.3 is 15.8 Å². The minimum Gasteiger partial charge on any atom is -0.495 e. The van der Waals surface area contributed by atoms with Crippen LogP contribution in [0, 0.1) is 11.3 Å². The van der Waals surface area contributed by atoms with Crippen LogP contribution in [-0.4, -0.2) is 18.0 Å². The van der Waals surface area contributed by atoms with Crippen molar-refractivity contribution in [3.63, 3.8) is 0 Å². The zero-order valence-corrected chi connectivity index (χ0v) is 10.8. The first-order valence-electron chi connectivity index (χ1n) is 5.25. The minimum atomic E-state index is -0.436. The van der Waals surface area contributed by atoms with Gasteiger partial charge in [0.25, 0.3) is 5.91 Å². The van der Waals surface area contributed by atoms with E-state index in [0.29, 0.717) is 22.1 Å². The molecule has 0 atom stereocenters. The summed E-state index contributed by atoms with van der Waals surface area (Å²) in [7, 11) is 1.47. The van der Waals surface area contributed by atoms with Crippen LogP contribution in [0.4, 0.5) is 10.8 Å². The largest absolute Gasteiger partial charge is 0.495 e. The van der Waals surface area contributed by atoms with Crippen LogP contribution in [0.3, 0.4) is 0 Å². The van der Waals surface area contributed by atoms with E-state index in [0.717, 1.165) is 0 Å². The average molecular weight is 274 g/mol. The lowest BCUT2D eigenvalue weighted by Crippen LogP contribution is -2.14. The second-order valence-corrected chi connectivity index (χ2v) is 4.41. The molecule has 0 aliphatic carbocycles. The fraction of sp³-hybridized carbons (Fsp3) is 0.0833. The Morgan fingerprint density at radius 1 is 1.58 bits per heavy atom. The molecule has 2 aromatic rings. The summed E-state index contributed by atoms with van der Waals surface area (Å²) in [5, 5.41) is 13.5. The van der Waals surface area contributed by atoms with Crippen molar-refractivity contribution in [2.45, 2.75) is 0 Å². The minimum absolute atomic E-state index is 0.206. The lowest BCUT2D eigenvalue weighted by molar-refractivity contribution is 0.102. The van der Waals surface area contributed by atoms with Crippen LogP contribution in [-0.2, 0) is 0 Å². The maximum Gasteiger partial charge on any atom is 0.275 e. The number of thiazole rings is 1. The van der Waals surface area contributed by atoms with Crippen LogP contribution in [0.1, 0.15) is 16.1 Å². The second-order valence-electron chi connectivity index (χ2n) is 3.52. The van der Waals surface area contributed by atoms with Crippen LogP contribution in [0.25, 0.3) is 0 Å². The quantitative estimate of drug-likeness (QED) is 0.889. The molecular weight excluding hydrogens is 264 g/mol. The number of rotatable bonds is 3. The predicted molar refractivity (Wildman–Crippen MR) is 72.2 cm³/mol. The van der Waals surface area contributed by atoms with E-state index in [1.165, 1.54) is 18.4 Å². The molecule has 1 aromatic carbocycles. The van der Waals surface area contributed by atoms with E-state index in [9.17, 15) is 4.79 Å². The molecule has 0 radical (unpaired) electrons. The van der Waals surface area contributed by atoms with Crippen LogP contribution < -0.4 is 15.8 Å². The molecule has 0 saturated heterocycles. The molecule has 1 heterocycles. The third-order valence-corrected chi connectivity index (χ3v) is 3.03. The van der Waals surface area contributed by atoms with E-state index in [-0.39, 0.29) is 5.69 Å². The van der Waals surface area contributed by atoms with Crippen molar-refractivity contribution in [1.82, 2.24) is 4.98 Å². The van der Waals surface area contributed by atoms with Crippen molar-refractivity contribution in [2.24, 2.45) is 0 Å². The van der Waals surface area contributed by atoms with E-state index >= 15 is 0 Å². The molecule has 0 aliphatic rings. The number of nitrogens with two attached hydrogens (primary N) is 1. The first kappa shape index (κ1) is 12.9. The third-order valence-electron chi connectivity index (χ3n) is 2.36. The van der Waals surface area contributed by atoms with Gasteiger partial charge >= 0.3 is 0 Å². The highest BCUT2D eigenvalue weighted by Crippen LogP contribution is 2.28. The van der Waals surface area contributed by atoms with Gasteiger partial charge in [-0.05, 0) is 12.1 Å². The van der Waals surface area contributed by atoms with Gasteiger partial charge in [0.15, 0.2) is 5.13 Å². The average Bonchev–Trinajstić information content (AvgIpc) is 2.85. The molecule has 2 rings (SSSR count). The van der Waals surface area contributed by atoms with E-state index < -0.39 is 5.91 Å². The van der Waals surface area contributed by atoms with Crippen molar-refractivity contribution in [1.29, 1.82) is 5.26 Å². The molecule has 3 N–H and O–H groups in total. The summed E-state index contributed by atoms with van der Waals surface area (Å²) in [6, 6.07) is 6.92. The van der Waals surface area contributed by atoms with Crippen molar-refractivity contribution in [3.05, 3.63) is 34.8 Å². The van der Waals surface area contributed by atoms with Gasteiger partial charge in [0.1, 0.15) is 23.2 Å². The fourth-order valence-electron chi connectivity index (χ4n) is 1.49. The number of para-hydroxylation sites is 1. The van der Waals surface area contributed by atoms with Crippen LogP contribution in [0.2, 0.25) is 0 Å². The Hall–Kier alpha value is -2.59. The number of hydrogen-bond acceptors (Lipinski definition) is 6. The zero-order valence-electron chi connectivity index (χ0n) is 10.0. The van der Waals surface area contributed by atoms with Gasteiger partial charge in [0, 0.05) is 5.38 Å². The lowest BCUT2D eigenvalue weighted by atomic mass is 10.1. The SMILES string of the molecule is COc1cccc(C#N)c1NC(=O)c1csc(N)n1. The first-order valence-corrected chi connectivity index (χ1v) is 6.13. The molecular formula is C12H10N4O2S. The van der Waals surface area contributed by atoms with Gasteiger partial charge in [-0.1, -0.05) is 6.07 Å². The van der Waals surface area contributed by atoms with Gasteiger partial charge in [-0.2, -0.15) is 5.26 Å². The highest BCUT2D eigenvalue weighted by Gasteiger charge is 2.15. The maximum absolute atomic E-state index is 12.0. The number of anilines is 2. The number of aromatic nitrogens is 1. The number of nitrogens with zero attached hydrogens (tertiary/aromatic N) is 2. The van der Waals surface area contributed by atoms with Crippen molar-refractivity contribution < 1.29 is 9.53 Å². The summed E-state index contributed by atoms with van der Waals surface area (Å²) in [6.45, 7) is 0. The molecule has 96 valence electrons. The molecule has 0 fully saturated rings. The Balaban J connectivity index is 2.33. The predicted octanol–water partition coefficient (Wildman–Crippen LogP) is 1.86. The van der Waals surface area contributed by atoms with Gasteiger partial charge in [-0.25, -0.2) is 4.98 Å². The summed E-state index contributed by atoms with van der Waals surface area (Å²) in [6.07, 6.45) is 0. The highest BCUT2D eigenvalue weighted by molar-refractivity contribution is 7.13. The summed E-state index contributed by atoms with van der Waals surface area (Å²) < 4.78 is 5.12. The third kappa shape index (κ3) is 2.64. The molecule has 1 amide bonds. The second kappa shape index (κ2) is 5.37. The smallest absolute Gasteiger partial charge is 0.275 e. The molecule has 0 spiro atoms. The van der Waals surface area contributed by atoms with E-state index in [2.05, 4.69) is 10.3 Å². The van der Waals surface area contributed by atoms with Crippen LogP contribution >= 0.6 is 11.3 Å². The Kier molecular flexibility index (Phi) is 3.63. The summed E-state index contributed by atoms with van der Waals surface area (Å²) >= 11 is 1.17. The molecule has 0 aliphatic heterocycles. The molecule has 0 bridgehead atoms. The summed E-state index contributed by atoms with van der Waals surface area (Å²) in [5.74, 6) is -0.0236. The van der Waals surface area contributed by atoms with Crippen molar-refractivity contribution in [3.8, 4) is 11.8 Å². The van der Waals surface area contributed by atoms with Crippen molar-refractivity contribution in [2.75, 3.05) is 18.2 Å². The number of benzene rings is 1. The number of hydrogen-bond donors (Lipinski definition) is 2. The number of ether oxygens (including phenoxy) is 1. The van der Waals surface area contributed by atoms with E-state index in [1.54, 1.807) is 23.6 Å². The number of nitrogens with one attached hydrogen (secondary N) is 1. The molecule has 0 unspecified atom stereocenters. The van der Waals surface area contributed by atoms with Crippen LogP contribution in [0.5, 0.6) is 5.75 Å². The number of methoxy groups -OCH3 is 1. The van der Waals surface area contributed by atoms with Gasteiger partial charge in [-0.15, -0.1) is 11.3 Å². The number of amides is 1. The van der Waals surface area contributed by atoms with Gasteiger partial charge in [0.05, 0.1) is 12.7 Å². The Morgan fingerprint density at radius 2 is 2.37 bits per heavy atom. The number of carbonyl (C=O) groups excluding carboxylic acids is 1. The van der Waals surface area contributed by atoms with Gasteiger partial charge in [0.2, 0.25) is 0 Å². The summed E-state index contributed by atoms with van der Waals surface area (Å²) in [5.41, 5.74) is 6.32. The van der Waals surface area contributed by atoms with Crippen molar-refractivity contribution >= 4 is 28.1 Å². The number of nitriles is 1. The molecule has 1 aromatic heterocycles. The Bertz CT molecular complexity index is 660. The molecule has 19 heavy (non-hydrogen) atoms. The topological polar surface area (TPSA) is 101 Å². The normalized spacial score (nSPS) is 9.68. The van der Waals surface area contributed by atoms with E-state index in [1.807, 2.05) is 6.07 Å². The fourth-order valence-corrected chi connectivity index (χ4v) is 2.04. The van der Waals surface area contributed by atoms with E-state index in [4.69, 9.17) is 15.7 Å². The molecule has 6 nitrogen and oxygen atoms in total. The number of carbonyl (C=O) groups is 1. The molecule has 7 heteroatoms. The zero-order chi connectivity index (χ0) is 13.8. The monoisotopic (exact) mass is 274 g/mol. The highest BCUT2D eigenvalue weighted by atomic mass is 32.1. The first-order chi connectivity index (χ1) is 9.15. The van der Waals surface area contributed by atoms with Gasteiger partial charge in [-0.3, -0.25) is 4.79 Å². The standard InChI is InChI=1S/C12H10N4O2S/c1-18-9-4-2-3-7(5-13)10(9)16-11(17)8-6-19-12(14)15-8/h2-4,6H,1H3,(H2,14,15)(H,16,17). The maximum atomic E-state index is 12.0. The Morgan fingerprint density at radius 3 is 2.95 bits per heavy atom.